The van der Waals surface area contributed by atoms with Crippen LogP contribution in [0.2, 0.25) is 0 Å². The first-order chi connectivity index (χ1) is 13.0. The van der Waals surface area contributed by atoms with E-state index in [0.717, 1.165) is 18.7 Å². The summed E-state index contributed by atoms with van der Waals surface area (Å²) in [5, 5.41) is 0. The van der Waals surface area contributed by atoms with Crippen LogP contribution in [0.4, 0.5) is 0 Å². The van der Waals surface area contributed by atoms with Crippen molar-refractivity contribution in [1.29, 1.82) is 0 Å². The molecule has 0 radical (unpaired) electrons. The number of carbonyl (C=O) groups excluding carboxylic acids is 1. The molecule has 0 aromatic heterocycles. The zero-order valence-electron chi connectivity index (χ0n) is 15.4. The quantitative estimate of drug-likeness (QED) is 0.812. The Hall–Kier alpha value is -2.22. The van der Waals surface area contributed by atoms with E-state index < -0.39 is 16.1 Å². The second-order valence-corrected chi connectivity index (χ2v) is 8.52. The van der Waals surface area contributed by atoms with Gasteiger partial charge in [0.1, 0.15) is 6.04 Å². The first-order valence-electron chi connectivity index (χ1n) is 9.04. The lowest BCUT2D eigenvalue weighted by molar-refractivity contribution is -0.134. The van der Waals surface area contributed by atoms with Crippen LogP contribution in [0.25, 0.3) is 0 Å². The van der Waals surface area contributed by atoms with Gasteiger partial charge in [-0.2, -0.15) is 4.72 Å². The van der Waals surface area contributed by atoms with Gasteiger partial charge in [0.25, 0.3) is 0 Å². The molecule has 1 fully saturated rings. The number of hydrogen-bond donors (Lipinski definition) is 1. The number of benzene rings is 2. The van der Waals surface area contributed by atoms with Crippen molar-refractivity contribution in [3.63, 3.8) is 0 Å². The van der Waals surface area contributed by atoms with E-state index in [4.69, 9.17) is 0 Å². The Balaban J connectivity index is 1.82. The molecule has 0 aliphatic carbocycles. The minimum atomic E-state index is -3.78. The van der Waals surface area contributed by atoms with Crippen molar-refractivity contribution in [2.24, 2.45) is 0 Å². The Bertz CT molecular complexity index is 849. The number of likely N-dealkylation sites (N-methyl/N-ethyl adjacent to an activating group) is 1. The van der Waals surface area contributed by atoms with E-state index in [9.17, 15) is 13.2 Å². The predicted molar refractivity (Wildman–Crippen MR) is 105 cm³/mol. The zero-order valence-corrected chi connectivity index (χ0v) is 16.2. The standard InChI is InChI=1S/C20H25N3O3S/c1-22-12-14-23(15-13-22)20(24)19(16-17-8-4-2-5-9-17)21-27(25,26)18-10-6-3-7-11-18/h2-11,19,21H,12-16H2,1H3. The molecule has 1 unspecified atom stereocenters. The van der Waals surface area contributed by atoms with Crippen molar-refractivity contribution >= 4 is 15.9 Å². The number of nitrogens with one attached hydrogen (secondary N) is 1. The second kappa shape index (κ2) is 8.65. The SMILES string of the molecule is CN1CCN(C(=O)C(Cc2ccccc2)NS(=O)(=O)c2ccccc2)CC1. The van der Waals surface area contributed by atoms with Gasteiger partial charge in [-0.05, 0) is 31.2 Å². The first kappa shape index (κ1) is 19.5. The van der Waals surface area contributed by atoms with Crippen LogP contribution in [0, 0.1) is 0 Å². The molecular formula is C20H25N3O3S. The Morgan fingerprint density at radius 3 is 2.11 bits per heavy atom. The molecule has 7 heteroatoms. The van der Waals surface area contributed by atoms with Gasteiger partial charge in [-0.3, -0.25) is 4.79 Å². The molecule has 0 bridgehead atoms. The molecule has 1 saturated heterocycles. The Morgan fingerprint density at radius 1 is 0.963 bits per heavy atom. The van der Waals surface area contributed by atoms with E-state index in [1.165, 1.54) is 12.1 Å². The maximum Gasteiger partial charge on any atom is 0.241 e. The molecule has 6 nitrogen and oxygen atoms in total. The van der Waals surface area contributed by atoms with Gasteiger partial charge in [-0.25, -0.2) is 8.42 Å². The fourth-order valence-corrected chi connectivity index (χ4v) is 4.34. The molecule has 1 N–H and O–H groups in total. The number of carbonyl (C=O) groups is 1. The fourth-order valence-electron chi connectivity index (χ4n) is 3.13. The van der Waals surface area contributed by atoms with E-state index in [2.05, 4.69) is 9.62 Å². The molecule has 2 aromatic rings. The average molecular weight is 388 g/mol. The molecule has 144 valence electrons. The third-order valence-electron chi connectivity index (χ3n) is 4.75. The number of amides is 1. The summed E-state index contributed by atoms with van der Waals surface area (Å²) in [6, 6.07) is 16.8. The Labute approximate surface area is 160 Å². The zero-order chi connectivity index (χ0) is 19.3. The summed E-state index contributed by atoms with van der Waals surface area (Å²) in [6.07, 6.45) is 0.318. The molecule has 1 aliphatic heterocycles. The number of hydrogen-bond acceptors (Lipinski definition) is 4. The summed E-state index contributed by atoms with van der Waals surface area (Å²) < 4.78 is 28.2. The molecule has 0 saturated carbocycles. The van der Waals surface area contributed by atoms with Crippen molar-refractivity contribution in [2.75, 3.05) is 33.2 Å². The van der Waals surface area contributed by atoms with Crippen molar-refractivity contribution < 1.29 is 13.2 Å². The van der Waals surface area contributed by atoms with Gasteiger partial charge in [-0.15, -0.1) is 0 Å². The highest BCUT2D eigenvalue weighted by Crippen LogP contribution is 2.13. The van der Waals surface area contributed by atoms with Crippen LogP contribution in [-0.4, -0.2) is 63.4 Å². The maximum atomic E-state index is 13.1. The maximum absolute atomic E-state index is 13.1. The smallest absolute Gasteiger partial charge is 0.241 e. The summed E-state index contributed by atoms with van der Waals surface area (Å²) >= 11 is 0. The summed E-state index contributed by atoms with van der Waals surface area (Å²) in [5.41, 5.74) is 0.917. The van der Waals surface area contributed by atoms with Crippen molar-refractivity contribution in [3.8, 4) is 0 Å². The third kappa shape index (κ3) is 5.15. The highest BCUT2D eigenvalue weighted by Gasteiger charge is 2.30. The number of rotatable bonds is 6. The molecule has 1 heterocycles. The van der Waals surface area contributed by atoms with Crippen LogP contribution in [0.15, 0.2) is 65.6 Å². The lowest BCUT2D eigenvalue weighted by atomic mass is 10.1. The minimum Gasteiger partial charge on any atom is -0.339 e. The minimum absolute atomic E-state index is 0.161. The normalized spacial score (nSPS) is 16.9. The monoisotopic (exact) mass is 387 g/mol. The van der Waals surface area contributed by atoms with Gasteiger partial charge < -0.3 is 9.80 Å². The molecule has 0 spiro atoms. The van der Waals surface area contributed by atoms with Crippen LogP contribution < -0.4 is 4.72 Å². The summed E-state index contributed by atoms with van der Waals surface area (Å²) in [4.78, 5) is 17.2. The van der Waals surface area contributed by atoms with Crippen molar-refractivity contribution in [2.45, 2.75) is 17.4 Å². The highest BCUT2D eigenvalue weighted by molar-refractivity contribution is 7.89. The second-order valence-electron chi connectivity index (χ2n) is 6.81. The molecule has 1 atom stereocenters. The van der Waals surface area contributed by atoms with Gasteiger partial charge >= 0.3 is 0 Å². The van der Waals surface area contributed by atoms with Crippen LogP contribution >= 0.6 is 0 Å². The Morgan fingerprint density at radius 2 is 1.52 bits per heavy atom. The van der Waals surface area contributed by atoms with Crippen LogP contribution in [0.1, 0.15) is 5.56 Å². The van der Waals surface area contributed by atoms with E-state index >= 15 is 0 Å². The Kier molecular flexibility index (Phi) is 6.26. The van der Waals surface area contributed by atoms with E-state index in [0.29, 0.717) is 19.5 Å². The summed E-state index contributed by atoms with van der Waals surface area (Å²) in [5.74, 6) is -0.175. The summed E-state index contributed by atoms with van der Waals surface area (Å²) in [6.45, 7) is 2.78. The van der Waals surface area contributed by atoms with E-state index in [-0.39, 0.29) is 10.8 Å². The topological polar surface area (TPSA) is 69.7 Å². The average Bonchev–Trinajstić information content (AvgIpc) is 2.69. The number of nitrogens with zero attached hydrogens (tertiary/aromatic N) is 2. The number of piperazine rings is 1. The highest BCUT2D eigenvalue weighted by atomic mass is 32.2. The molecule has 2 aromatic carbocycles. The molecule has 3 rings (SSSR count). The van der Waals surface area contributed by atoms with Gasteiger partial charge in [0.2, 0.25) is 15.9 Å². The molecule has 27 heavy (non-hydrogen) atoms. The van der Waals surface area contributed by atoms with Crippen LogP contribution in [0.3, 0.4) is 0 Å². The lowest BCUT2D eigenvalue weighted by Crippen LogP contribution is -2.54. The lowest BCUT2D eigenvalue weighted by Gasteiger charge is -2.34. The molecular weight excluding hydrogens is 362 g/mol. The van der Waals surface area contributed by atoms with Gasteiger partial charge in [-0.1, -0.05) is 48.5 Å². The van der Waals surface area contributed by atoms with E-state index in [1.54, 1.807) is 23.1 Å². The first-order valence-corrected chi connectivity index (χ1v) is 10.5. The molecule has 1 amide bonds. The largest absolute Gasteiger partial charge is 0.339 e. The van der Waals surface area contributed by atoms with Gasteiger partial charge in [0.05, 0.1) is 4.90 Å². The van der Waals surface area contributed by atoms with Gasteiger partial charge in [0.15, 0.2) is 0 Å². The predicted octanol–water partition coefficient (Wildman–Crippen LogP) is 1.35. The number of sulfonamides is 1. The van der Waals surface area contributed by atoms with Crippen molar-refractivity contribution in [3.05, 3.63) is 66.2 Å². The van der Waals surface area contributed by atoms with E-state index in [1.807, 2.05) is 37.4 Å². The fraction of sp³-hybridized carbons (Fsp3) is 0.350. The van der Waals surface area contributed by atoms with Crippen molar-refractivity contribution in [1.82, 2.24) is 14.5 Å². The molecule has 1 aliphatic rings. The third-order valence-corrected chi connectivity index (χ3v) is 6.23. The van der Waals surface area contributed by atoms with Gasteiger partial charge in [0, 0.05) is 26.2 Å². The van der Waals surface area contributed by atoms with Crippen LogP contribution in [-0.2, 0) is 21.2 Å². The van der Waals surface area contributed by atoms with Crippen LogP contribution in [0.5, 0.6) is 0 Å². The summed E-state index contributed by atoms with van der Waals surface area (Å²) in [7, 11) is -1.77.